The van der Waals surface area contributed by atoms with Crippen LogP contribution in [0, 0.1) is 17.5 Å². The lowest BCUT2D eigenvalue weighted by Crippen LogP contribution is -2.60. The smallest absolute Gasteiger partial charge is 0.368 e. The number of benzene rings is 2. The van der Waals surface area contributed by atoms with Crippen LogP contribution in [0.2, 0.25) is 0 Å². The molecule has 3 aromatic heterocycles. The number of aromatic nitrogens is 10. The summed E-state index contributed by atoms with van der Waals surface area (Å²) in [4.78, 5) is 31.7. The van der Waals surface area contributed by atoms with Gasteiger partial charge in [-0.15, -0.1) is 0 Å². The van der Waals surface area contributed by atoms with Crippen molar-refractivity contribution in [3.63, 3.8) is 0 Å². The number of hydrogen-bond donors (Lipinski definition) is 4. The zero-order valence-electron chi connectivity index (χ0n) is 27.0. The van der Waals surface area contributed by atoms with E-state index in [0.717, 1.165) is 56.0 Å². The Morgan fingerprint density at radius 2 is 1.35 bits per heavy atom. The average molecular weight is 669 g/mol. The predicted molar refractivity (Wildman–Crippen MR) is 171 cm³/mol. The van der Waals surface area contributed by atoms with Gasteiger partial charge in [0.15, 0.2) is 11.6 Å². The van der Waals surface area contributed by atoms with Crippen molar-refractivity contribution in [2.24, 2.45) is 14.1 Å². The van der Waals surface area contributed by atoms with Crippen LogP contribution in [0.4, 0.5) is 36.3 Å². The molecule has 19 heteroatoms. The van der Waals surface area contributed by atoms with Gasteiger partial charge in [-0.3, -0.25) is 0 Å². The van der Waals surface area contributed by atoms with Gasteiger partial charge in [0.05, 0.1) is 17.6 Å². The molecule has 2 aromatic carbocycles. The van der Waals surface area contributed by atoms with Gasteiger partial charge in [0.1, 0.15) is 11.6 Å². The summed E-state index contributed by atoms with van der Waals surface area (Å²) in [6, 6.07) is 7.62. The summed E-state index contributed by atoms with van der Waals surface area (Å²) in [6.45, 7) is 8.43. The minimum absolute atomic E-state index is 0.00203. The molecule has 48 heavy (non-hydrogen) atoms. The molecule has 0 saturated carbocycles. The summed E-state index contributed by atoms with van der Waals surface area (Å²) in [5, 5.41) is 24.1. The standard InChI is InChI=1S/C21H27F2N9O.C8H8FN5O/c1-20(2)9-14(10-21(3,4)28-20)25-17-16(23)11-24-18(27-17)26-13-6-12(22)7-15(8-13)32-19(33)31(5)29-30-32;1-13-8(15)14(12-11-13)7-3-5(9)2-6(10)4-7/h6-8,11,14,28H,9-10H2,1-5H3,(H2,24,25,26,27);2-4H,10H2,1H3. The molecule has 0 aliphatic carbocycles. The molecule has 16 nitrogen and oxygen atoms in total. The van der Waals surface area contributed by atoms with Crippen LogP contribution < -0.4 is 33.1 Å². The Balaban J connectivity index is 0.000000250. The summed E-state index contributed by atoms with van der Waals surface area (Å²) in [7, 11) is 2.89. The molecule has 0 bridgehead atoms. The molecule has 0 radical (unpaired) electrons. The van der Waals surface area contributed by atoms with Crippen LogP contribution in [0.3, 0.4) is 0 Å². The fraction of sp³-hybridized carbons (Fsp3) is 0.379. The number of nitrogens with zero attached hydrogens (tertiary/aromatic N) is 10. The minimum atomic E-state index is -0.604. The number of nitrogens with two attached hydrogens (primary N) is 1. The fourth-order valence-electron chi connectivity index (χ4n) is 5.71. The predicted octanol–water partition coefficient (Wildman–Crippen LogP) is 2.19. The van der Waals surface area contributed by atoms with Gasteiger partial charge in [-0.05, 0) is 97.8 Å². The van der Waals surface area contributed by atoms with E-state index in [1.54, 1.807) is 0 Å². The number of rotatable bonds is 6. The molecule has 4 heterocycles. The van der Waals surface area contributed by atoms with Crippen LogP contribution in [0.1, 0.15) is 40.5 Å². The highest BCUT2D eigenvalue weighted by molar-refractivity contribution is 5.59. The van der Waals surface area contributed by atoms with Gasteiger partial charge < -0.3 is 21.7 Å². The Morgan fingerprint density at radius 1 is 0.812 bits per heavy atom. The third-order valence-corrected chi connectivity index (χ3v) is 7.25. The maximum absolute atomic E-state index is 14.5. The van der Waals surface area contributed by atoms with Crippen molar-refractivity contribution in [2.75, 3.05) is 16.4 Å². The van der Waals surface area contributed by atoms with E-state index >= 15 is 0 Å². The first kappa shape index (κ1) is 33.8. The second kappa shape index (κ2) is 12.9. The minimum Gasteiger partial charge on any atom is -0.399 e. The maximum atomic E-state index is 14.5. The molecule has 0 amide bonds. The molecular weight excluding hydrogens is 633 g/mol. The van der Waals surface area contributed by atoms with E-state index in [1.165, 1.54) is 32.3 Å². The van der Waals surface area contributed by atoms with Gasteiger partial charge in [-0.25, -0.2) is 27.7 Å². The van der Waals surface area contributed by atoms with Gasteiger partial charge in [-0.1, -0.05) is 0 Å². The largest absolute Gasteiger partial charge is 0.399 e. The summed E-state index contributed by atoms with van der Waals surface area (Å²) in [6.07, 6.45) is 2.62. The van der Waals surface area contributed by atoms with E-state index in [4.69, 9.17) is 5.73 Å². The average Bonchev–Trinajstić information content (AvgIpc) is 3.48. The Morgan fingerprint density at radius 3 is 1.88 bits per heavy atom. The zero-order chi connectivity index (χ0) is 35.0. The highest BCUT2D eigenvalue weighted by Crippen LogP contribution is 2.31. The van der Waals surface area contributed by atoms with E-state index in [-0.39, 0.29) is 51.6 Å². The zero-order valence-corrected chi connectivity index (χ0v) is 27.0. The first-order chi connectivity index (χ1) is 22.5. The monoisotopic (exact) mass is 668 g/mol. The van der Waals surface area contributed by atoms with Crippen LogP contribution in [0.5, 0.6) is 0 Å². The van der Waals surface area contributed by atoms with Crippen LogP contribution in [-0.2, 0) is 14.1 Å². The van der Waals surface area contributed by atoms with Crippen molar-refractivity contribution in [1.29, 1.82) is 0 Å². The molecule has 1 fully saturated rings. The maximum Gasteiger partial charge on any atom is 0.368 e. The van der Waals surface area contributed by atoms with Crippen molar-refractivity contribution in [3.05, 3.63) is 81.0 Å². The van der Waals surface area contributed by atoms with Gasteiger partial charge in [0, 0.05) is 42.6 Å². The van der Waals surface area contributed by atoms with Crippen LogP contribution in [-0.4, -0.2) is 66.7 Å². The van der Waals surface area contributed by atoms with E-state index in [0.29, 0.717) is 0 Å². The molecule has 254 valence electrons. The molecule has 6 rings (SSSR count). The first-order valence-corrected chi connectivity index (χ1v) is 14.7. The second-order valence-corrected chi connectivity index (χ2v) is 12.7. The quantitative estimate of drug-likeness (QED) is 0.193. The van der Waals surface area contributed by atoms with Crippen molar-refractivity contribution < 1.29 is 13.2 Å². The molecule has 5 aromatic rings. The lowest BCUT2D eigenvalue weighted by atomic mass is 9.79. The van der Waals surface area contributed by atoms with Crippen LogP contribution >= 0.6 is 0 Å². The molecular formula is C29H35F3N14O2. The summed E-state index contributed by atoms with van der Waals surface area (Å²) in [5.74, 6) is -1.57. The van der Waals surface area contributed by atoms with Crippen molar-refractivity contribution in [1.82, 2.24) is 54.9 Å². The van der Waals surface area contributed by atoms with Crippen molar-refractivity contribution in [2.45, 2.75) is 57.7 Å². The van der Waals surface area contributed by atoms with E-state index in [1.807, 2.05) is 0 Å². The normalized spacial score (nSPS) is 15.4. The van der Waals surface area contributed by atoms with Crippen LogP contribution in [0.15, 0.2) is 52.2 Å². The summed E-state index contributed by atoms with van der Waals surface area (Å²) >= 11 is 0. The molecule has 0 atom stereocenters. The van der Waals surface area contributed by atoms with Gasteiger partial charge >= 0.3 is 11.4 Å². The Labute approximate surface area is 271 Å². The fourth-order valence-corrected chi connectivity index (χ4v) is 5.71. The van der Waals surface area contributed by atoms with Crippen molar-refractivity contribution in [3.8, 4) is 11.4 Å². The number of hydrogen-bond acceptors (Lipinski definition) is 12. The lowest BCUT2D eigenvalue weighted by molar-refractivity contribution is 0.170. The second-order valence-electron chi connectivity index (χ2n) is 12.7. The van der Waals surface area contributed by atoms with Gasteiger partial charge in [0.25, 0.3) is 0 Å². The molecule has 1 saturated heterocycles. The topological polar surface area (TPSA) is 193 Å². The molecule has 5 N–H and O–H groups in total. The third kappa shape index (κ3) is 7.85. The summed E-state index contributed by atoms with van der Waals surface area (Å²) < 4.78 is 45.7. The molecule has 0 spiro atoms. The number of tetrazole rings is 2. The number of anilines is 4. The highest BCUT2D eigenvalue weighted by atomic mass is 19.1. The lowest BCUT2D eigenvalue weighted by Gasteiger charge is -2.46. The van der Waals surface area contributed by atoms with E-state index < -0.39 is 28.8 Å². The summed E-state index contributed by atoms with van der Waals surface area (Å²) in [5.41, 5.74) is 5.14. The number of nitrogen functional groups attached to an aromatic ring is 1. The van der Waals surface area contributed by atoms with E-state index in [9.17, 15) is 22.8 Å². The molecule has 1 aliphatic heterocycles. The Hall–Kier alpha value is -5.59. The number of aryl methyl sites for hydroxylation is 2. The number of halogens is 3. The Bertz CT molecular complexity index is 2030. The van der Waals surface area contributed by atoms with Gasteiger partial charge in [0.2, 0.25) is 5.95 Å². The van der Waals surface area contributed by atoms with Gasteiger partial charge in [-0.2, -0.15) is 23.7 Å². The SMILES string of the molecule is Cn1nnn(-c2cc(F)cc(Nc3ncc(F)c(NC4CC(C)(C)NC(C)(C)C4)n3)c2)c1=O.Cn1nnn(-c2cc(N)cc(F)c2)c1=O. The number of piperidine rings is 1. The number of nitrogens with one attached hydrogen (secondary N) is 3. The highest BCUT2D eigenvalue weighted by Gasteiger charge is 2.38. The van der Waals surface area contributed by atoms with Crippen LogP contribution in [0.25, 0.3) is 11.4 Å². The Kier molecular flexibility index (Phi) is 9.07. The first-order valence-electron chi connectivity index (χ1n) is 14.7. The van der Waals surface area contributed by atoms with E-state index in [2.05, 4.69) is 74.5 Å². The third-order valence-electron chi connectivity index (χ3n) is 7.25. The molecule has 0 unspecified atom stereocenters. The van der Waals surface area contributed by atoms with Crippen molar-refractivity contribution >= 4 is 23.1 Å². The molecule has 1 aliphatic rings.